The van der Waals surface area contributed by atoms with Crippen molar-refractivity contribution in [3.63, 3.8) is 0 Å². The van der Waals surface area contributed by atoms with Crippen LogP contribution in [0.3, 0.4) is 0 Å². The van der Waals surface area contributed by atoms with E-state index in [0.717, 1.165) is 0 Å². The van der Waals surface area contributed by atoms with E-state index in [2.05, 4.69) is 12.0 Å². The summed E-state index contributed by atoms with van der Waals surface area (Å²) < 4.78 is 15.9. The Kier molecular flexibility index (Phi) is 5.48. The lowest BCUT2D eigenvalue weighted by atomic mass is 9.63. The second kappa shape index (κ2) is 8.76. The molecule has 0 saturated carbocycles. The fourth-order valence-corrected chi connectivity index (χ4v) is 6.12. The molecular weight excluding hydrogens is 503 g/mol. The van der Waals surface area contributed by atoms with E-state index in [1.54, 1.807) is 64.3 Å². The molecule has 1 aromatic heterocycles. The molecule has 2 aromatic carbocycles. The van der Waals surface area contributed by atoms with Crippen LogP contribution in [0.1, 0.15) is 24.8 Å². The van der Waals surface area contributed by atoms with Gasteiger partial charge in [-0.25, -0.2) is 4.39 Å². The fourth-order valence-electron chi connectivity index (χ4n) is 5.95. The number of anilines is 2. The number of Topliss-reactive ketones (excluding diaryl/α,β-unsaturated/α-hetero) is 1. The molecule has 1 atom stereocenters. The Labute approximate surface area is 223 Å². The molecule has 3 aromatic rings. The Morgan fingerprint density at radius 1 is 1.08 bits per heavy atom. The van der Waals surface area contributed by atoms with Crippen molar-refractivity contribution < 1.29 is 14.0 Å². The number of amides is 1. The summed E-state index contributed by atoms with van der Waals surface area (Å²) in [4.78, 5) is 31.6. The third-order valence-electron chi connectivity index (χ3n) is 7.38. The fraction of sp³-hybridized carbons (Fsp3) is 0.167. The number of hydrogen-bond donors (Lipinski definition) is 0. The van der Waals surface area contributed by atoms with Gasteiger partial charge in [0.25, 0.3) is 0 Å². The van der Waals surface area contributed by atoms with Crippen LogP contribution >= 0.6 is 11.6 Å². The third kappa shape index (κ3) is 3.06. The Balaban J connectivity index is 1.78. The zero-order valence-electron chi connectivity index (χ0n) is 20.1. The first-order valence-electron chi connectivity index (χ1n) is 12.1. The molecule has 0 saturated heterocycles. The molecule has 6 rings (SSSR count). The molecular formula is C30H20ClFN4O2. The second-order valence-corrected chi connectivity index (χ2v) is 9.70. The Morgan fingerprint density at radius 2 is 1.84 bits per heavy atom. The molecule has 38 heavy (non-hydrogen) atoms. The molecule has 0 N–H and O–H groups in total. The van der Waals surface area contributed by atoms with Crippen LogP contribution in [0.4, 0.5) is 15.8 Å². The standard InChI is InChI=1S/C30H20ClFN4O2/c1-2-14-35-24-9-4-3-8-20(24)30(29(35)38)21(18-33)28(34-15-5-6-16-34)36(19-12-13-23(32)22(31)17-19)25-10-7-11-26(37)27(25)30/h1,3-6,8-9,12-13,15-17H,7,10-11,14H2/t30-/m1/s1. The molecule has 0 unspecified atom stereocenters. The summed E-state index contributed by atoms with van der Waals surface area (Å²) in [5.41, 5.74) is 0.837. The predicted molar refractivity (Wildman–Crippen MR) is 142 cm³/mol. The second-order valence-electron chi connectivity index (χ2n) is 9.30. The summed E-state index contributed by atoms with van der Waals surface area (Å²) in [6.07, 6.45) is 10.4. The van der Waals surface area contributed by atoms with E-state index < -0.39 is 17.1 Å². The minimum absolute atomic E-state index is 0.0107. The lowest BCUT2D eigenvalue weighted by Crippen LogP contribution is -2.51. The van der Waals surface area contributed by atoms with Gasteiger partial charge in [0.2, 0.25) is 5.91 Å². The number of hydrogen-bond acceptors (Lipinski definition) is 4. The first-order valence-corrected chi connectivity index (χ1v) is 12.5. The van der Waals surface area contributed by atoms with Gasteiger partial charge in [-0.15, -0.1) is 6.42 Å². The molecule has 8 heteroatoms. The molecule has 0 fully saturated rings. The van der Waals surface area contributed by atoms with Gasteiger partial charge in [0.15, 0.2) is 5.78 Å². The molecule has 186 valence electrons. The molecule has 0 bridgehead atoms. The van der Waals surface area contributed by atoms with E-state index in [0.29, 0.717) is 41.3 Å². The SMILES string of the molecule is C#CCN1C(=O)[C@@]2(C(C#N)=C(n3cccc3)N(c3ccc(F)c(Cl)c3)C3=C2C(=O)CCC3)c2ccccc21. The van der Waals surface area contributed by atoms with E-state index >= 15 is 0 Å². The van der Waals surface area contributed by atoms with Gasteiger partial charge >= 0.3 is 0 Å². The molecule has 1 spiro atoms. The van der Waals surface area contributed by atoms with E-state index in [1.165, 1.54) is 17.0 Å². The molecule has 2 aliphatic heterocycles. The van der Waals surface area contributed by atoms with Crippen LogP contribution < -0.4 is 9.80 Å². The van der Waals surface area contributed by atoms with Gasteiger partial charge in [-0.1, -0.05) is 35.7 Å². The highest BCUT2D eigenvalue weighted by Gasteiger charge is 2.62. The Bertz CT molecular complexity index is 1670. The van der Waals surface area contributed by atoms with E-state index in [4.69, 9.17) is 18.0 Å². The molecule has 6 nitrogen and oxygen atoms in total. The van der Waals surface area contributed by atoms with Crippen LogP contribution in [0.5, 0.6) is 0 Å². The number of carbonyl (C=O) groups is 2. The number of benzene rings is 2. The van der Waals surface area contributed by atoms with E-state index in [9.17, 15) is 19.2 Å². The number of carbonyl (C=O) groups excluding carboxylic acids is 2. The highest BCUT2D eigenvalue weighted by molar-refractivity contribution is 6.31. The van der Waals surface area contributed by atoms with Crippen molar-refractivity contribution in [3.8, 4) is 18.4 Å². The largest absolute Gasteiger partial charge is 0.309 e. The predicted octanol–water partition coefficient (Wildman–Crippen LogP) is 5.42. The van der Waals surface area contributed by atoms with Crippen LogP contribution in [0, 0.1) is 29.5 Å². The molecule has 0 radical (unpaired) electrons. The number of ketones is 1. The smallest absolute Gasteiger partial charge is 0.248 e. The summed E-state index contributed by atoms with van der Waals surface area (Å²) in [5, 5.41) is 10.7. The monoisotopic (exact) mass is 522 g/mol. The van der Waals surface area contributed by atoms with Gasteiger partial charge in [0.1, 0.15) is 23.1 Å². The van der Waals surface area contributed by atoms with Crippen LogP contribution in [0.2, 0.25) is 5.02 Å². The van der Waals surface area contributed by atoms with Crippen molar-refractivity contribution in [2.45, 2.75) is 24.7 Å². The van der Waals surface area contributed by atoms with Crippen LogP contribution in [-0.4, -0.2) is 22.8 Å². The number of aromatic nitrogens is 1. The van der Waals surface area contributed by atoms with Crippen LogP contribution in [0.15, 0.2) is 83.8 Å². The number of rotatable bonds is 3. The van der Waals surface area contributed by atoms with Gasteiger partial charge in [0, 0.05) is 47.0 Å². The van der Waals surface area contributed by atoms with Gasteiger partial charge in [-0.3, -0.25) is 19.4 Å². The van der Waals surface area contributed by atoms with E-state index in [-0.39, 0.29) is 34.9 Å². The third-order valence-corrected chi connectivity index (χ3v) is 7.67. The first-order chi connectivity index (χ1) is 18.4. The zero-order valence-corrected chi connectivity index (χ0v) is 20.9. The van der Waals surface area contributed by atoms with E-state index in [1.807, 2.05) is 0 Å². The maximum atomic E-state index is 14.5. The van der Waals surface area contributed by atoms with Gasteiger partial charge in [-0.05, 0) is 49.2 Å². The summed E-state index contributed by atoms with van der Waals surface area (Å²) in [5.74, 6) is 1.68. The number of para-hydroxylation sites is 1. The summed E-state index contributed by atoms with van der Waals surface area (Å²) in [6.45, 7) is -0.0107. The average Bonchev–Trinajstić information content (AvgIpc) is 3.53. The zero-order chi connectivity index (χ0) is 26.6. The molecule has 1 amide bonds. The summed E-state index contributed by atoms with van der Waals surface area (Å²) >= 11 is 6.19. The minimum atomic E-state index is -1.67. The first kappa shape index (κ1) is 23.8. The lowest BCUT2D eigenvalue weighted by molar-refractivity contribution is -0.124. The number of fused-ring (bicyclic) bond motifs is 3. The van der Waals surface area contributed by atoms with Crippen molar-refractivity contribution >= 4 is 40.5 Å². The number of nitriles is 1. The summed E-state index contributed by atoms with van der Waals surface area (Å²) in [7, 11) is 0. The highest BCUT2D eigenvalue weighted by atomic mass is 35.5. The number of nitrogens with zero attached hydrogens (tertiary/aromatic N) is 4. The maximum absolute atomic E-state index is 14.5. The number of allylic oxidation sites excluding steroid dienone is 1. The Morgan fingerprint density at radius 3 is 2.55 bits per heavy atom. The normalized spacial score (nSPS) is 20.5. The number of terminal acetylenes is 1. The van der Waals surface area contributed by atoms with Crippen molar-refractivity contribution in [1.82, 2.24) is 4.57 Å². The van der Waals surface area contributed by atoms with Crippen molar-refractivity contribution in [2.75, 3.05) is 16.3 Å². The van der Waals surface area contributed by atoms with Crippen molar-refractivity contribution in [1.29, 1.82) is 5.26 Å². The van der Waals surface area contributed by atoms with Gasteiger partial charge < -0.3 is 4.57 Å². The summed E-state index contributed by atoms with van der Waals surface area (Å²) in [6, 6.07) is 17.3. The van der Waals surface area contributed by atoms with Crippen molar-refractivity contribution in [3.05, 3.63) is 100 Å². The van der Waals surface area contributed by atoms with Gasteiger partial charge in [-0.2, -0.15) is 5.26 Å². The Hall–Kier alpha value is -4.59. The average molecular weight is 523 g/mol. The van der Waals surface area contributed by atoms with Crippen LogP contribution in [0.25, 0.3) is 5.82 Å². The quantitative estimate of drug-likeness (QED) is 0.431. The lowest BCUT2D eigenvalue weighted by Gasteiger charge is -2.45. The molecule has 3 heterocycles. The topological polar surface area (TPSA) is 69.3 Å². The molecule has 1 aliphatic carbocycles. The molecule has 3 aliphatic rings. The maximum Gasteiger partial charge on any atom is 0.248 e. The highest BCUT2D eigenvalue weighted by Crippen LogP contribution is 2.58. The van der Waals surface area contributed by atoms with Gasteiger partial charge in [0.05, 0.1) is 17.1 Å². The van der Waals surface area contributed by atoms with Crippen molar-refractivity contribution in [2.24, 2.45) is 0 Å². The minimum Gasteiger partial charge on any atom is -0.309 e. The number of halogens is 2. The van der Waals surface area contributed by atoms with Crippen LogP contribution in [-0.2, 0) is 15.0 Å².